The highest BCUT2D eigenvalue weighted by Gasteiger charge is 2.37. The van der Waals surface area contributed by atoms with Crippen LogP contribution >= 0.6 is 23.2 Å². The van der Waals surface area contributed by atoms with Crippen molar-refractivity contribution in [1.29, 1.82) is 0 Å². The molecule has 1 aliphatic heterocycles. The molecule has 38 heavy (non-hydrogen) atoms. The minimum absolute atomic E-state index is 0.153. The zero-order valence-corrected chi connectivity index (χ0v) is 22.1. The van der Waals surface area contributed by atoms with E-state index in [0.29, 0.717) is 41.0 Å². The summed E-state index contributed by atoms with van der Waals surface area (Å²) in [6.07, 6.45) is 1.35. The Balaban J connectivity index is 1.64. The second-order valence-corrected chi connectivity index (χ2v) is 8.84. The number of amides is 4. The maximum atomic E-state index is 13.3. The number of hydrogen-bond donors (Lipinski definition) is 1. The van der Waals surface area contributed by atoms with E-state index in [-0.39, 0.29) is 22.9 Å². The lowest BCUT2D eigenvalue weighted by Crippen LogP contribution is -2.54. The summed E-state index contributed by atoms with van der Waals surface area (Å²) in [5.41, 5.74) is 1.21. The number of anilines is 1. The van der Waals surface area contributed by atoms with Gasteiger partial charge < -0.3 is 14.2 Å². The van der Waals surface area contributed by atoms with Crippen LogP contribution in [-0.2, 0) is 16.2 Å². The largest absolute Gasteiger partial charge is 0.494 e. The molecule has 1 saturated heterocycles. The Morgan fingerprint density at radius 3 is 2.26 bits per heavy atom. The first-order chi connectivity index (χ1) is 18.3. The van der Waals surface area contributed by atoms with Crippen molar-refractivity contribution in [2.45, 2.75) is 20.5 Å². The van der Waals surface area contributed by atoms with Crippen LogP contribution in [0.5, 0.6) is 17.2 Å². The van der Waals surface area contributed by atoms with Crippen LogP contribution in [0.25, 0.3) is 6.08 Å². The average molecular weight is 555 g/mol. The van der Waals surface area contributed by atoms with E-state index in [4.69, 9.17) is 37.4 Å². The van der Waals surface area contributed by atoms with Crippen molar-refractivity contribution in [1.82, 2.24) is 5.32 Å². The monoisotopic (exact) mass is 554 g/mol. The van der Waals surface area contributed by atoms with Crippen molar-refractivity contribution in [3.8, 4) is 17.2 Å². The number of carbonyl (C=O) groups excluding carboxylic acids is 3. The van der Waals surface area contributed by atoms with Crippen LogP contribution in [-0.4, -0.2) is 31.1 Å². The van der Waals surface area contributed by atoms with Gasteiger partial charge >= 0.3 is 6.03 Å². The average Bonchev–Trinajstić information content (AvgIpc) is 2.88. The van der Waals surface area contributed by atoms with Crippen molar-refractivity contribution in [2.75, 3.05) is 18.1 Å². The molecule has 0 atom stereocenters. The van der Waals surface area contributed by atoms with Crippen molar-refractivity contribution < 1.29 is 28.6 Å². The number of barbiturate groups is 1. The molecule has 0 aromatic heterocycles. The summed E-state index contributed by atoms with van der Waals surface area (Å²) in [5.74, 6) is -0.405. The van der Waals surface area contributed by atoms with Gasteiger partial charge in [-0.1, -0.05) is 41.4 Å². The van der Waals surface area contributed by atoms with E-state index in [1.165, 1.54) is 12.1 Å². The highest BCUT2D eigenvalue weighted by atomic mass is 35.5. The molecule has 0 saturated carbocycles. The first-order valence-electron chi connectivity index (χ1n) is 11.8. The predicted octanol–water partition coefficient (Wildman–Crippen LogP) is 6.04. The third-order valence-electron chi connectivity index (χ3n) is 5.48. The maximum absolute atomic E-state index is 13.3. The van der Waals surface area contributed by atoms with E-state index < -0.39 is 17.8 Å². The standard InChI is InChI=1S/C28H24Cl2N2O6/c1-3-36-20-11-9-19(10-12-20)32-27(34)21(26(33)31-28(32)35)13-17-14-23(30)25(24(15-17)37-4-2)38-16-18-7-5-6-8-22(18)29/h5-15H,3-4,16H2,1-2H3,(H,31,33,35)/b21-13+. The number of imide groups is 2. The van der Waals surface area contributed by atoms with E-state index >= 15 is 0 Å². The molecule has 196 valence electrons. The Labute approximate surface area is 229 Å². The quantitative estimate of drug-likeness (QED) is 0.256. The maximum Gasteiger partial charge on any atom is 0.335 e. The SMILES string of the molecule is CCOc1ccc(N2C(=O)NC(=O)/C(=C\c3cc(Cl)c(OCc4ccccc4Cl)c(OCC)c3)C2=O)cc1. The van der Waals surface area contributed by atoms with Gasteiger partial charge in [0.05, 0.1) is 23.9 Å². The van der Waals surface area contributed by atoms with Gasteiger partial charge in [0.15, 0.2) is 11.5 Å². The fraction of sp³-hybridized carbons (Fsp3) is 0.179. The highest BCUT2D eigenvalue weighted by Crippen LogP contribution is 2.38. The van der Waals surface area contributed by atoms with E-state index in [2.05, 4.69) is 5.32 Å². The lowest BCUT2D eigenvalue weighted by Gasteiger charge is -2.26. The second kappa shape index (κ2) is 12.0. The molecule has 0 aliphatic carbocycles. The van der Waals surface area contributed by atoms with Crippen molar-refractivity contribution in [3.05, 3.63) is 87.4 Å². The number of nitrogens with zero attached hydrogens (tertiary/aromatic N) is 1. The molecule has 10 heteroatoms. The molecule has 3 aromatic carbocycles. The molecule has 1 heterocycles. The molecule has 8 nitrogen and oxygen atoms in total. The molecular weight excluding hydrogens is 531 g/mol. The van der Waals surface area contributed by atoms with Gasteiger partial charge in [0, 0.05) is 10.6 Å². The van der Waals surface area contributed by atoms with Gasteiger partial charge in [-0.05, 0) is 68.0 Å². The van der Waals surface area contributed by atoms with Crippen LogP contribution < -0.4 is 24.4 Å². The summed E-state index contributed by atoms with van der Waals surface area (Å²) in [7, 11) is 0. The summed E-state index contributed by atoms with van der Waals surface area (Å²) in [6.45, 7) is 4.59. The van der Waals surface area contributed by atoms with E-state index in [9.17, 15) is 14.4 Å². The molecule has 1 fully saturated rings. The summed E-state index contributed by atoms with van der Waals surface area (Å²) in [4.78, 5) is 39.3. The van der Waals surface area contributed by atoms with E-state index in [0.717, 1.165) is 10.5 Å². The van der Waals surface area contributed by atoms with Crippen LogP contribution in [0, 0.1) is 0 Å². The third kappa shape index (κ3) is 5.93. The first-order valence-corrected chi connectivity index (χ1v) is 12.5. The van der Waals surface area contributed by atoms with Crippen molar-refractivity contribution in [2.24, 2.45) is 0 Å². The molecule has 0 unspecified atom stereocenters. The smallest absolute Gasteiger partial charge is 0.335 e. The molecule has 1 N–H and O–H groups in total. The Bertz CT molecular complexity index is 1400. The Hall–Kier alpha value is -4.01. The van der Waals surface area contributed by atoms with Gasteiger partial charge in [-0.15, -0.1) is 0 Å². The molecule has 1 aliphatic rings. The number of ether oxygens (including phenoxy) is 3. The third-order valence-corrected chi connectivity index (χ3v) is 6.13. The number of urea groups is 1. The number of nitrogens with one attached hydrogen (secondary N) is 1. The summed E-state index contributed by atoms with van der Waals surface area (Å²) in [5, 5.41) is 2.96. The molecule has 3 aromatic rings. The van der Waals surface area contributed by atoms with Crippen LogP contribution in [0.15, 0.2) is 66.2 Å². The minimum Gasteiger partial charge on any atom is -0.494 e. The van der Waals surface area contributed by atoms with Crippen molar-refractivity contribution in [3.63, 3.8) is 0 Å². The van der Waals surface area contributed by atoms with Gasteiger partial charge in [0.25, 0.3) is 11.8 Å². The normalized spacial score (nSPS) is 14.5. The fourth-order valence-corrected chi connectivity index (χ4v) is 4.22. The first kappa shape index (κ1) is 27.0. The molecule has 0 spiro atoms. The summed E-state index contributed by atoms with van der Waals surface area (Å²) >= 11 is 12.8. The van der Waals surface area contributed by atoms with Gasteiger partial charge in [0.2, 0.25) is 0 Å². The summed E-state index contributed by atoms with van der Waals surface area (Å²) in [6, 6.07) is 15.9. The van der Waals surface area contributed by atoms with Crippen LogP contribution in [0.4, 0.5) is 10.5 Å². The Kier molecular flexibility index (Phi) is 8.55. The highest BCUT2D eigenvalue weighted by molar-refractivity contribution is 6.39. The second-order valence-electron chi connectivity index (χ2n) is 8.03. The number of hydrogen-bond acceptors (Lipinski definition) is 6. The Morgan fingerprint density at radius 1 is 0.868 bits per heavy atom. The molecule has 0 bridgehead atoms. The van der Waals surface area contributed by atoms with Crippen LogP contribution in [0.2, 0.25) is 10.0 Å². The predicted molar refractivity (Wildman–Crippen MR) is 145 cm³/mol. The van der Waals surface area contributed by atoms with Gasteiger partial charge in [0.1, 0.15) is 17.9 Å². The van der Waals surface area contributed by atoms with Crippen LogP contribution in [0.3, 0.4) is 0 Å². The summed E-state index contributed by atoms with van der Waals surface area (Å²) < 4.78 is 17.1. The molecule has 4 amide bonds. The van der Waals surface area contributed by atoms with E-state index in [1.807, 2.05) is 25.1 Å². The zero-order valence-electron chi connectivity index (χ0n) is 20.6. The minimum atomic E-state index is -0.849. The fourth-order valence-electron chi connectivity index (χ4n) is 3.76. The molecular formula is C28H24Cl2N2O6. The van der Waals surface area contributed by atoms with Crippen molar-refractivity contribution >= 4 is 52.8 Å². The zero-order chi connectivity index (χ0) is 27.2. The lowest BCUT2D eigenvalue weighted by atomic mass is 10.1. The molecule has 0 radical (unpaired) electrons. The molecule has 4 rings (SSSR count). The van der Waals surface area contributed by atoms with Gasteiger partial charge in [-0.3, -0.25) is 14.9 Å². The van der Waals surface area contributed by atoms with Gasteiger partial charge in [-0.2, -0.15) is 0 Å². The number of carbonyl (C=O) groups is 3. The topological polar surface area (TPSA) is 94.2 Å². The number of benzene rings is 3. The van der Waals surface area contributed by atoms with Crippen LogP contribution in [0.1, 0.15) is 25.0 Å². The number of rotatable bonds is 9. The Morgan fingerprint density at radius 2 is 1.58 bits per heavy atom. The lowest BCUT2D eigenvalue weighted by molar-refractivity contribution is -0.122. The number of halogens is 2. The van der Waals surface area contributed by atoms with Gasteiger partial charge in [-0.25, -0.2) is 9.69 Å². The van der Waals surface area contributed by atoms with E-state index in [1.54, 1.807) is 43.3 Å².